The lowest BCUT2D eigenvalue weighted by molar-refractivity contribution is -0.142. The highest BCUT2D eigenvalue weighted by molar-refractivity contribution is 9.11. The van der Waals surface area contributed by atoms with Crippen LogP contribution in [0.2, 0.25) is 0 Å². The van der Waals surface area contributed by atoms with Gasteiger partial charge in [-0.15, -0.1) is 10.2 Å². The Bertz CT molecular complexity index is 678. The number of aromatic nitrogens is 4. The van der Waals surface area contributed by atoms with Crippen molar-refractivity contribution in [3.8, 4) is 0 Å². The molecule has 1 aromatic heterocycles. The molecule has 3 aliphatic rings. The second-order valence-corrected chi connectivity index (χ2v) is 7.93. The van der Waals surface area contributed by atoms with Gasteiger partial charge < -0.3 is 4.90 Å². The summed E-state index contributed by atoms with van der Waals surface area (Å²) in [6.45, 7) is 0.826. The van der Waals surface area contributed by atoms with Crippen LogP contribution in [0.15, 0.2) is 22.7 Å². The fourth-order valence-corrected chi connectivity index (χ4v) is 4.13. The normalized spacial score (nSPS) is 27.7. The zero-order valence-electron chi connectivity index (χ0n) is 13.6. The molecule has 7 heteroatoms. The molecule has 1 amide bonds. The Morgan fingerprint density at radius 2 is 2.08 bits per heavy atom. The van der Waals surface area contributed by atoms with Crippen LogP contribution >= 0.6 is 15.9 Å². The van der Waals surface area contributed by atoms with Gasteiger partial charge in [0.1, 0.15) is 0 Å². The Labute approximate surface area is 150 Å². The third-order valence-corrected chi connectivity index (χ3v) is 5.88. The van der Waals surface area contributed by atoms with Crippen molar-refractivity contribution in [1.29, 1.82) is 0 Å². The smallest absolute Gasteiger partial charge is 0.226 e. The number of likely N-dealkylation sites (tertiary alicyclic amines) is 1. The van der Waals surface area contributed by atoms with Crippen molar-refractivity contribution in [3.63, 3.8) is 0 Å². The summed E-state index contributed by atoms with van der Waals surface area (Å²) in [5.41, 5.74) is 0. The Morgan fingerprint density at radius 3 is 2.83 bits per heavy atom. The van der Waals surface area contributed by atoms with E-state index in [2.05, 4.69) is 37.4 Å². The molecule has 4 rings (SSSR count). The SMILES string of the molecule is O=C(C1CCC1)N1CCCCC1c1nnn(C2C=CC=C(Br)C2)n1. The molecule has 0 bridgehead atoms. The van der Waals surface area contributed by atoms with Gasteiger partial charge in [0.15, 0.2) is 5.82 Å². The number of carbonyl (C=O) groups is 1. The third kappa shape index (κ3) is 3.06. The summed E-state index contributed by atoms with van der Waals surface area (Å²) in [7, 11) is 0. The highest BCUT2D eigenvalue weighted by Gasteiger charge is 2.36. The van der Waals surface area contributed by atoms with Crippen molar-refractivity contribution in [3.05, 3.63) is 28.5 Å². The number of carbonyl (C=O) groups excluding carboxylic acids is 1. The molecule has 1 aromatic rings. The minimum absolute atomic E-state index is 0.00727. The van der Waals surface area contributed by atoms with E-state index in [1.54, 1.807) is 4.80 Å². The van der Waals surface area contributed by atoms with Gasteiger partial charge in [-0.3, -0.25) is 4.79 Å². The van der Waals surface area contributed by atoms with E-state index in [1.165, 1.54) is 6.42 Å². The average Bonchev–Trinajstić information content (AvgIpc) is 3.03. The van der Waals surface area contributed by atoms with Crippen LogP contribution in [0.4, 0.5) is 0 Å². The molecule has 2 atom stereocenters. The summed E-state index contributed by atoms with van der Waals surface area (Å²) >= 11 is 3.54. The monoisotopic (exact) mass is 391 g/mol. The molecule has 2 fully saturated rings. The molecule has 1 aliphatic heterocycles. The number of hydrogen-bond acceptors (Lipinski definition) is 4. The maximum Gasteiger partial charge on any atom is 0.226 e. The van der Waals surface area contributed by atoms with E-state index in [1.807, 2.05) is 17.1 Å². The number of allylic oxidation sites excluding steroid dienone is 4. The first-order valence-electron chi connectivity index (χ1n) is 8.85. The lowest BCUT2D eigenvalue weighted by Gasteiger charge is -2.38. The van der Waals surface area contributed by atoms with Crippen molar-refractivity contribution in [2.45, 2.75) is 57.0 Å². The molecular weight excluding hydrogens is 370 g/mol. The minimum atomic E-state index is -0.00727. The van der Waals surface area contributed by atoms with Crippen molar-refractivity contribution >= 4 is 21.8 Å². The predicted octanol–water partition coefficient (Wildman–Crippen LogP) is 3.31. The zero-order valence-corrected chi connectivity index (χ0v) is 15.2. The van der Waals surface area contributed by atoms with Crippen LogP contribution in [0.5, 0.6) is 0 Å². The van der Waals surface area contributed by atoms with Crippen LogP contribution in [0.3, 0.4) is 0 Å². The zero-order chi connectivity index (χ0) is 16.5. The number of hydrogen-bond donors (Lipinski definition) is 0. The molecule has 0 aromatic carbocycles. The molecule has 2 unspecified atom stereocenters. The van der Waals surface area contributed by atoms with Crippen LogP contribution in [-0.4, -0.2) is 37.6 Å². The molecule has 6 nitrogen and oxygen atoms in total. The van der Waals surface area contributed by atoms with Crippen molar-refractivity contribution in [2.24, 2.45) is 5.92 Å². The first-order chi connectivity index (χ1) is 11.7. The van der Waals surface area contributed by atoms with E-state index in [9.17, 15) is 4.79 Å². The lowest BCUT2D eigenvalue weighted by Crippen LogP contribution is -2.44. The lowest BCUT2D eigenvalue weighted by atomic mass is 9.83. The van der Waals surface area contributed by atoms with Gasteiger partial charge in [0.05, 0.1) is 12.1 Å². The summed E-state index contributed by atoms with van der Waals surface area (Å²) < 4.78 is 1.13. The molecule has 1 saturated heterocycles. The summed E-state index contributed by atoms with van der Waals surface area (Å²) in [6, 6.07) is 0.0807. The number of piperidine rings is 1. The molecule has 24 heavy (non-hydrogen) atoms. The standard InChI is InChI=1S/C17H22BrN5O/c18-13-7-4-8-14(11-13)23-20-16(19-21-23)15-9-1-2-10-22(15)17(24)12-5-3-6-12/h4,7-8,12,14-15H,1-3,5-6,9-11H2. The van der Waals surface area contributed by atoms with E-state index in [4.69, 9.17) is 0 Å². The van der Waals surface area contributed by atoms with Gasteiger partial charge in [-0.05, 0) is 41.8 Å². The van der Waals surface area contributed by atoms with Gasteiger partial charge in [0.2, 0.25) is 5.91 Å². The van der Waals surface area contributed by atoms with Crippen LogP contribution in [0.1, 0.15) is 62.9 Å². The van der Waals surface area contributed by atoms with Gasteiger partial charge in [-0.1, -0.05) is 40.6 Å². The van der Waals surface area contributed by atoms with Crippen molar-refractivity contribution in [1.82, 2.24) is 25.1 Å². The van der Waals surface area contributed by atoms with Crippen LogP contribution < -0.4 is 0 Å². The van der Waals surface area contributed by atoms with Gasteiger partial charge in [0, 0.05) is 18.9 Å². The van der Waals surface area contributed by atoms with Crippen LogP contribution in [0, 0.1) is 5.92 Å². The molecular formula is C17H22BrN5O. The number of tetrazole rings is 1. The summed E-state index contributed by atoms with van der Waals surface area (Å²) in [4.78, 5) is 16.4. The van der Waals surface area contributed by atoms with Gasteiger partial charge in [-0.2, -0.15) is 4.80 Å². The van der Waals surface area contributed by atoms with E-state index in [0.717, 1.165) is 49.6 Å². The Hall–Kier alpha value is -1.50. The summed E-state index contributed by atoms with van der Waals surface area (Å²) in [6.07, 6.45) is 13.3. The first-order valence-corrected chi connectivity index (χ1v) is 9.64. The third-order valence-electron chi connectivity index (χ3n) is 5.29. The average molecular weight is 392 g/mol. The molecule has 0 N–H and O–H groups in total. The maximum absolute atomic E-state index is 12.7. The number of rotatable bonds is 3. The van der Waals surface area contributed by atoms with E-state index >= 15 is 0 Å². The Balaban J connectivity index is 1.52. The second-order valence-electron chi connectivity index (χ2n) is 6.91. The molecule has 2 heterocycles. The van der Waals surface area contributed by atoms with E-state index in [0.29, 0.717) is 11.7 Å². The van der Waals surface area contributed by atoms with Gasteiger partial charge >= 0.3 is 0 Å². The van der Waals surface area contributed by atoms with Crippen molar-refractivity contribution < 1.29 is 4.79 Å². The van der Waals surface area contributed by atoms with Gasteiger partial charge in [0.25, 0.3) is 0 Å². The van der Waals surface area contributed by atoms with Gasteiger partial charge in [-0.25, -0.2) is 0 Å². The predicted molar refractivity (Wildman–Crippen MR) is 93.3 cm³/mol. The quantitative estimate of drug-likeness (QED) is 0.792. The maximum atomic E-state index is 12.7. The van der Waals surface area contributed by atoms with E-state index < -0.39 is 0 Å². The molecule has 0 radical (unpaired) electrons. The molecule has 0 spiro atoms. The Morgan fingerprint density at radius 1 is 1.21 bits per heavy atom. The van der Waals surface area contributed by atoms with E-state index in [-0.39, 0.29) is 18.0 Å². The topological polar surface area (TPSA) is 63.9 Å². The highest BCUT2D eigenvalue weighted by Crippen LogP contribution is 2.35. The minimum Gasteiger partial charge on any atom is -0.332 e. The van der Waals surface area contributed by atoms with Crippen LogP contribution in [-0.2, 0) is 4.79 Å². The summed E-state index contributed by atoms with van der Waals surface area (Å²) in [5, 5.41) is 13.2. The summed E-state index contributed by atoms with van der Waals surface area (Å²) in [5.74, 6) is 1.22. The number of nitrogens with zero attached hydrogens (tertiary/aromatic N) is 5. The largest absolute Gasteiger partial charge is 0.332 e. The molecule has 128 valence electrons. The molecule has 1 saturated carbocycles. The Kier molecular flexibility index (Phi) is 4.52. The highest BCUT2D eigenvalue weighted by atomic mass is 79.9. The second kappa shape index (κ2) is 6.78. The number of amides is 1. The van der Waals surface area contributed by atoms with Crippen LogP contribution in [0.25, 0.3) is 0 Å². The molecule has 2 aliphatic carbocycles. The fraction of sp³-hybridized carbons (Fsp3) is 0.647. The fourth-order valence-electron chi connectivity index (χ4n) is 3.65. The van der Waals surface area contributed by atoms with Crippen molar-refractivity contribution in [2.75, 3.05) is 6.54 Å². The first kappa shape index (κ1) is 16.0. The number of halogens is 1.